The molecule has 4 rings (SSSR count). The maximum Gasteiger partial charge on any atom is 0.227 e. The first-order valence-corrected chi connectivity index (χ1v) is 8.04. The lowest BCUT2D eigenvalue weighted by Gasteiger charge is -2.07. The monoisotopic (exact) mass is 330 g/mol. The van der Waals surface area contributed by atoms with Crippen LogP contribution in [0.5, 0.6) is 5.75 Å². The minimum Gasteiger partial charge on any atom is -0.497 e. The Morgan fingerprint density at radius 1 is 1.04 bits per heavy atom. The fourth-order valence-corrected chi connectivity index (χ4v) is 2.79. The molecule has 0 aliphatic heterocycles. The number of methoxy groups -OCH3 is 1. The molecule has 4 aromatic rings. The number of benzene rings is 2. The van der Waals surface area contributed by atoms with Crippen molar-refractivity contribution < 1.29 is 9.15 Å². The highest BCUT2D eigenvalue weighted by Gasteiger charge is 2.10. The van der Waals surface area contributed by atoms with Crippen LogP contribution in [0.25, 0.3) is 27.7 Å². The van der Waals surface area contributed by atoms with Crippen LogP contribution in [0.1, 0.15) is 11.3 Å². The van der Waals surface area contributed by atoms with Crippen LogP contribution in [0.2, 0.25) is 0 Å². The Morgan fingerprint density at radius 2 is 1.84 bits per heavy atom. The van der Waals surface area contributed by atoms with Gasteiger partial charge in [-0.25, -0.2) is 4.98 Å². The average molecular weight is 330 g/mol. The lowest BCUT2D eigenvalue weighted by Crippen LogP contribution is -1.95. The van der Waals surface area contributed by atoms with E-state index in [1.54, 1.807) is 7.11 Å². The van der Waals surface area contributed by atoms with Crippen molar-refractivity contribution in [2.75, 3.05) is 12.4 Å². The van der Waals surface area contributed by atoms with Crippen LogP contribution in [-0.4, -0.2) is 12.1 Å². The van der Waals surface area contributed by atoms with Gasteiger partial charge in [-0.1, -0.05) is 18.7 Å². The van der Waals surface area contributed by atoms with Crippen molar-refractivity contribution in [3.05, 3.63) is 72.5 Å². The van der Waals surface area contributed by atoms with Crippen molar-refractivity contribution >= 4 is 33.4 Å². The molecule has 2 aromatic carbocycles. The highest BCUT2D eigenvalue weighted by molar-refractivity contribution is 5.92. The van der Waals surface area contributed by atoms with Gasteiger partial charge in [0.15, 0.2) is 5.76 Å². The first-order chi connectivity index (χ1) is 12.1. The molecule has 0 amide bonds. The van der Waals surface area contributed by atoms with E-state index in [1.165, 1.54) is 5.56 Å². The molecule has 0 saturated carbocycles. The molecule has 0 aliphatic carbocycles. The third-order valence-electron chi connectivity index (χ3n) is 4.14. The van der Waals surface area contributed by atoms with Crippen LogP contribution in [0.3, 0.4) is 0 Å². The van der Waals surface area contributed by atoms with E-state index in [-0.39, 0.29) is 0 Å². The Bertz CT molecular complexity index is 1080. The van der Waals surface area contributed by atoms with Gasteiger partial charge >= 0.3 is 0 Å². The van der Waals surface area contributed by atoms with Gasteiger partial charge in [0.05, 0.1) is 18.3 Å². The number of nitrogens with zero attached hydrogens (tertiary/aromatic N) is 1. The Hall–Kier alpha value is -3.27. The number of aryl methyl sites for hydroxylation is 1. The zero-order valence-corrected chi connectivity index (χ0v) is 14.2. The number of aromatic nitrogens is 1. The van der Waals surface area contributed by atoms with E-state index in [0.717, 1.165) is 27.7 Å². The van der Waals surface area contributed by atoms with E-state index in [2.05, 4.69) is 48.1 Å². The lowest BCUT2D eigenvalue weighted by atomic mass is 10.1. The van der Waals surface area contributed by atoms with Crippen molar-refractivity contribution in [2.24, 2.45) is 0 Å². The fraction of sp³-hybridized carbons (Fsp3) is 0.0952. The number of anilines is 1. The Balaban J connectivity index is 1.65. The molecule has 0 fully saturated rings. The van der Waals surface area contributed by atoms with E-state index < -0.39 is 0 Å². The molecule has 0 bridgehead atoms. The van der Waals surface area contributed by atoms with Crippen LogP contribution in [0, 0.1) is 6.92 Å². The summed E-state index contributed by atoms with van der Waals surface area (Å²) in [4.78, 5) is 4.62. The number of fused-ring (bicyclic) bond motifs is 2. The second-order valence-corrected chi connectivity index (χ2v) is 6.02. The van der Waals surface area contributed by atoms with Gasteiger partial charge < -0.3 is 14.5 Å². The predicted octanol–water partition coefficient (Wildman–Crippen LogP) is 5.38. The summed E-state index contributed by atoms with van der Waals surface area (Å²) in [6, 6.07) is 17.9. The summed E-state index contributed by atoms with van der Waals surface area (Å²) in [5.74, 6) is 1.48. The van der Waals surface area contributed by atoms with E-state index in [4.69, 9.17) is 9.15 Å². The molecular weight excluding hydrogens is 312 g/mol. The highest BCUT2D eigenvalue weighted by atomic mass is 16.5. The molecule has 124 valence electrons. The number of ether oxygens (including phenoxy) is 1. The zero-order chi connectivity index (χ0) is 17.4. The molecule has 4 heteroatoms. The summed E-state index contributed by atoms with van der Waals surface area (Å²) in [6.45, 7) is 6.13. The SMILES string of the molecule is C=C(Nc1ccc(OC)cc1)c1cc2cc3ccc(C)cc3nc2o1. The van der Waals surface area contributed by atoms with Crippen molar-refractivity contribution in [1.82, 2.24) is 4.98 Å². The van der Waals surface area contributed by atoms with Gasteiger partial charge in [-0.15, -0.1) is 0 Å². The molecule has 1 N–H and O–H groups in total. The smallest absolute Gasteiger partial charge is 0.227 e. The molecule has 0 aliphatic rings. The number of hydrogen-bond acceptors (Lipinski definition) is 4. The molecule has 0 unspecified atom stereocenters. The van der Waals surface area contributed by atoms with Gasteiger partial charge in [-0.05, 0) is 55.0 Å². The Labute approximate surface area is 145 Å². The standard InChI is InChI=1S/C21H18N2O2/c1-13-4-5-15-11-16-12-20(25-21(16)23-19(15)10-13)14(2)22-17-6-8-18(24-3)9-7-17/h4-12,22H,2H2,1,3H3. The normalized spacial score (nSPS) is 11.0. The third-order valence-corrected chi connectivity index (χ3v) is 4.14. The van der Waals surface area contributed by atoms with Crippen molar-refractivity contribution in [3.8, 4) is 5.75 Å². The molecule has 4 nitrogen and oxygen atoms in total. The first-order valence-electron chi connectivity index (χ1n) is 8.04. The van der Waals surface area contributed by atoms with E-state index in [1.807, 2.05) is 30.3 Å². The first kappa shape index (κ1) is 15.3. The van der Waals surface area contributed by atoms with E-state index in [0.29, 0.717) is 17.2 Å². The third kappa shape index (κ3) is 2.94. The van der Waals surface area contributed by atoms with Gasteiger partial charge in [0, 0.05) is 16.5 Å². The molecule has 0 radical (unpaired) electrons. The molecule has 0 spiro atoms. The molecule has 2 heterocycles. The fourth-order valence-electron chi connectivity index (χ4n) is 2.79. The van der Waals surface area contributed by atoms with Crippen LogP contribution < -0.4 is 10.1 Å². The van der Waals surface area contributed by atoms with E-state index >= 15 is 0 Å². The maximum atomic E-state index is 5.90. The minimum absolute atomic E-state index is 0.616. The minimum atomic E-state index is 0.616. The highest BCUT2D eigenvalue weighted by Crippen LogP contribution is 2.27. The number of hydrogen-bond donors (Lipinski definition) is 1. The van der Waals surface area contributed by atoms with E-state index in [9.17, 15) is 0 Å². The van der Waals surface area contributed by atoms with Crippen LogP contribution >= 0.6 is 0 Å². The topological polar surface area (TPSA) is 47.3 Å². The second kappa shape index (κ2) is 5.98. The molecule has 0 atom stereocenters. The molecule has 25 heavy (non-hydrogen) atoms. The summed E-state index contributed by atoms with van der Waals surface area (Å²) < 4.78 is 11.1. The Morgan fingerprint density at radius 3 is 2.60 bits per heavy atom. The van der Waals surface area contributed by atoms with Crippen LogP contribution in [0.4, 0.5) is 5.69 Å². The van der Waals surface area contributed by atoms with Gasteiger partial charge in [0.25, 0.3) is 0 Å². The van der Waals surface area contributed by atoms with Crippen molar-refractivity contribution in [1.29, 1.82) is 0 Å². The summed E-state index contributed by atoms with van der Waals surface area (Å²) in [5, 5.41) is 5.31. The number of pyridine rings is 1. The largest absolute Gasteiger partial charge is 0.497 e. The summed E-state index contributed by atoms with van der Waals surface area (Å²) in [5.41, 5.74) is 4.33. The summed E-state index contributed by atoms with van der Waals surface area (Å²) in [6.07, 6.45) is 0. The summed E-state index contributed by atoms with van der Waals surface area (Å²) >= 11 is 0. The predicted molar refractivity (Wildman–Crippen MR) is 102 cm³/mol. The average Bonchev–Trinajstić information content (AvgIpc) is 3.03. The number of furan rings is 1. The van der Waals surface area contributed by atoms with Gasteiger partial charge in [-0.3, -0.25) is 0 Å². The van der Waals surface area contributed by atoms with Crippen LogP contribution in [0.15, 0.2) is 65.6 Å². The van der Waals surface area contributed by atoms with Crippen molar-refractivity contribution in [3.63, 3.8) is 0 Å². The molecule has 2 aromatic heterocycles. The van der Waals surface area contributed by atoms with Crippen LogP contribution in [-0.2, 0) is 0 Å². The maximum absolute atomic E-state index is 5.90. The lowest BCUT2D eigenvalue weighted by molar-refractivity contribution is 0.415. The van der Waals surface area contributed by atoms with Gasteiger partial charge in [0.1, 0.15) is 5.75 Å². The Kier molecular flexibility index (Phi) is 3.65. The summed E-state index contributed by atoms with van der Waals surface area (Å²) in [7, 11) is 1.65. The quantitative estimate of drug-likeness (QED) is 0.545. The van der Waals surface area contributed by atoms with Gasteiger partial charge in [0.2, 0.25) is 5.71 Å². The number of nitrogens with one attached hydrogen (secondary N) is 1. The second-order valence-electron chi connectivity index (χ2n) is 6.02. The number of rotatable bonds is 4. The molecular formula is C21H18N2O2. The van der Waals surface area contributed by atoms with Crippen molar-refractivity contribution in [2.45, 2.75) is 6.92 Å². The zero-order valence-electron chi connectivity index (χ0n) is 14.2. The van der Waals surface area contributed by atoms with Gasteiger partial charge in [-0.2, -0.15) is 0 Å². The molecule has 0 saturated heterocycles.